The van der Waals surface area contributed by atoms with Crippen molar-refractivity contribution >= 4 is 10.0 Å². The maximum atomic E-state index is 11.6. The minimum Gasteiger partial charge on any atom is -0.395 e. The van der Waals surface area contributed by atoms with Crippen LogP contribution in [0.15, 0.2) is 30.3 Å². The van der Waals surface area contributed by atoms with Crippen LogP contribution in [-0.2, 0) is 10.0 Å². The fourth-order valence-electron chi connectivity index (χ4n) is 2.43. The van der Waals surface area contributed by atoms with Gasteiger partial charge in [-0.15, -0.1) is 0 Å². The van der Waals surface area contributed by atoms with E-state index in [0.717, 1.165) is 5.56 Å². The summed E-state index contributed by atoms with van der Waals surface area (Å²) >= 11 is 0. The highest BCUT2D eigenvalue weighted by molar-refractivity contribution is 7.88. The van der Waals surface area contributed by atoms with Crippen molar-refractivity contribution in [3.8, 4) is 0 Å². The van der Waals surface area contributed by atoms with Crippen molar-refractivity contribution in [1.82, 2.24) is 4.31 Å². The van der Waals surface area contributed by atoms with Gasteiger partial charge in [0, 0.05) is 12.6 Å². The molecule has 1 aliphatic heterocycles. The minimum absolute atomic E-state index is 0.115. The topological polar surface area (TPSA) is 57.6 Å². The summed E-state index contributed by atoms with van der Waals surface area (Å²) in [5.74, 6) is 0.183. The third-order valence-corrected chi connectivity index (χ3v) is 4.57. The number of hydrogen-bond acceptors (Lipinski definition) is 3. The lowest BCUT2D eigenvalue weighted by Gasteiger charge is -2.19. The van der Waals surface area contributed by atoms with Crippen LogP contribution >= 0.6 is 0 Å². The van der Waals surface area contributed by atoms with Crippen molar-refractivity contribution in [2.45, 2.75) is 18.4 Å². The summed E-state index contributed by atoms with van der Waals surface area (Å²) in [6, 6.07) is 9.57. The highest BCUT2D eigenvalue weighted by Gasteiger charge is 2.37. The van der Waals surface area contributed by atoms with Gasteiger partial charge in [-0.25, -0.2) is 8.42 Å². The van der Waals surface area contributed by atoms with E-state index in [-0.39, 0.29) is 18.6 Å². The molecule has 0 saturated carbocycles. The van der Waals surface area contributed by atoms with Crippen LogP contribution in [-0.4, -0.2) is 43.3 Å². The van der Waals surface area contributed by atoms with E-state index in [1.165, 1.54) is 10.6 Å². The molecule has 2 unspecified atom stereocenters. The van der Waals surface area contributed by atoms with Gasteiger partial charge in [0.2, 0.25) is 10.0 Å². The van der Waals surface area contributed by atoms with Crippen LogP contribution in [0.3, 0.4) is 0 Å². The van der Waals surface area contributed by atoms with Gasteiger partial charge in [0.25, 0.3) is 0 Å². The number of benzene rings is 1. The number of nitrogens with zero attached hydrogens (tertiary/aromatic N) is 1. The van der Waals surface area contributed by atoms with E-state index < -0.39 is 10.0 Å². The molecule has 0 aliphatic carbocycles. The molecule has 1 fully saturated rings. The Balaban J connectivity index is 2.21. The Kier molecular flexibility index (Phi) is 3.51. The molecule has 0 amide bonds. The predicted octanol–water partition coefficient (Wildman–Crippen LogP) is 0.796. The number of sulfonamides is 1. The second kappa shape index (κ2) is 4.76. The first-order valence-electron chi connectivity index (χ1n) is 5.65. The van der Waals surface area contributed by atoms with Crippen molar-refractivity contribution < 1.29 is 13.5 Å². The minimum atomic E-state index is -3.23. The Morgan fingerprint density at radius 1 is 1.35 bits per heavy atom. The first kappa shape index (κ1) is 12.5. The molecule has 1 aliphatic rings. The average Bonchev–Trinajstić information content (AvgIpc) is 2.74. The molecule has 0 radical (unpaired) electrons. The molecular weight excluding hydrogens is 238 g/mol. The monoisotopic (exact) mass is 255 g/mol. The largest absolute Gasteiger partial charge is 0.395 e. The Hall–Kier alpha value is -0.910. The Morgan fingerprint density at radius 2 is 2.00 bits per heavy atom. The number of aliphatic hydroxyl groups excluding tert-OH is 1. The van der Waals surface area contributed by atoms with Gasteiger partial charge in [0.05, 0.1) is 12.9 Å². The molecule has 5 heteroatoms. The quantitative estimate of drug-likeness (QED) is 0.869. The Bertz CT molecular complexity index is 472. The summed E-state index contributed by atoms with van der Waals surface area (Å²) in [5.41, 5.74) is 1.14. The fourth-order valence-corrected chi connectivity index (χ4v) is 3.57. The molecule has 2 atom stereocenters. The standard InChI is InChI=1S/C12H17NO3S/c1-17(15,16)13-8-11(7-12(13)9-14)10-5-3-2-4-6-10/h2-6,11-12,14H,7-9H2,1H3. The summed E-state index contributed by atoms with van der Waals surface area (Å²) < 4.78 is 24.6. The second-order valence-corrected chi connectivity index (χ2v) is 6.45. The summed E-state index contributed by atoms with van der Waals surface area (Å²) in [7, 11) is -3.23. The van der Waals surface area contributed by atoms with Crippen LogP contribution in [0, 0.1) is 0 Å². The van der Waals surface area contributed by atoms with E-state index in [1.54, 1.807) is 0 Å². The maximum absolute atomic E-state index is 11.6. The zero-order chi connectivity index (χ0) is 12.5. The summed E-state index contributed by atoms with van der Waals surface area (Å²) in [5, 5.41) is 9.26. The van der Waals surface area contributed by atoms with Crippen LogP contribution in [0.2, 0.25) is 0 Å². The van der Waals surface area contributed by atoms with Crippen molar-refractivity contribution in [3.05, 3.63) is 35.9 Å². The van der Waals surface area contributed by atoms with Gasteiger partial charge in [-0.2, -0.15) is 4.31 Å². The molecule has 2 rings (SSSR count). The lowest BCUT2D eigenvalue weighted by Crippen LogP contribution is -2.36. The van der Waals surface area contributed by atoms with Gasteiger partial charge in [-0.3, -0.25) is 0 Å². The van der Waals surface area contributed by atoms with Gasteiger partial charge in [-0.1, -0.05) is 30.3 Å². The maximum Gasteiger partial charge on any atom is 0.211 e. The van der Waals surface area contributed by atoms with Crippen molar-refractivity contribution in [1.29, 1.82) is 0 Å². The van der Waals surface area contributed by atoms with Gasteiger partial charge in [0.1, 0.15) is 0 Å². The Morgan fingerprint density at radius 3 is 2.47 bits per heavy atom. The molecule has 1 aromatic carbocycles. The van der Waals surface area contributed by atoms with Crippen LogP contribution in [0.4, 0.5) is 0 Å². The third-order valence-electron chi connectivity index (χ3n) is 3.27. The summed E-state index contributed by atoms with van der Waals surface area (Å²) in [6.07, 6.45) is 1.89. The SMILES string of the molecule is CS(=O)(=O)N1CC(c2ccccc2)CC1CO. The van der Waals surface area contributed by atoms with E-state index in [0.29, 0.717) is 13.0 Å². The van der Waals surface area contributed by atoms with Crippen LogP contribution in [0.25, 0.3) is 0 Å². The van der Waals surface area contributed by atoms with E-state index in [2.05, 4.69) is 0 Å². The number of hydrogen-bond donors (Lipinski definition) is 1. The van der Waals surface area contributed by atoms with E-state index >= 15 is 0 Å². The number of rotatable bonds is 3. The predicted molar refractivity (Wildman–Crippen MR) is 66.2 cm³/mol. The van der Waals surface area contributed by atoms with Gasteiger partial charge < -0.3 is 5.11 Å². The molecule has 1 aromatic rings. The van der Waals surface area contributed by atoms with E-state index in [4.69, 9.17) is 0 Å². The zero-order valence-corrected chi connectivity index (χ0v) is 10.6. The molecule has 0 spiro atoms. The zero-order valence-electron chi connectivity index (χ0n) is 9.78. The van der Waals surface area contributed by atoms with Crippen molar-refractivity contribution in [3.63, 3.8) is 0 Å². The molecule has 4 nitrogen and oxygen atoms in total. The van der Waals surface area contributed by atoms with E-state index in [1.807, 2.05) is 30.3 Å². The lowest BCUT2D eigenvalue weighted by molar-refractivity contribution is 0.214. The fraction of sp³-hybridized carbons (Fsp3) is 0.500. The average molecular weight is 255 g/mol. The molecular formula is C12H17NO3S. The summed E-state index contributed by atoms with van der Waals surface area (Å²) in [6.45, 7) is 0.352. The molecule has 1 saturated heterocycles. The molecule has 94 valence electrons. The highest BCUT2D eigenvalue weighted by Crippen LogP contribution is 2.32. The van der Waals surface area contributed by atoms with Crippen LogP contribution in [0.1, 0.15) is 17.9 Å². The smallest absolute Gasteiger partial charge is 0.211 e. The molecule has 0 aromatic heterocycles. The highest BCUT2D eigenvalue weighted by atomic mass is 32.2. The molecule has 17 heavy (non-hydrogen) atoms. The lowest BCUT2D eigenvalue weighted by atomic mass is 9.97. The first-order chi connectivity index (χ1) is 8.02. The van der Waals surface area contributed by atoms with Gasteiger partial charge >= 0.3 is 0 Å². The van der Waals surface area contributed by atoms with Gasteiger partial charge in [-0.05, 0) is 17.9 Å². The second-order valence-electron chi connectivity index (χ2n) is 4.51. The van der Waals surface area contributed by atoms with Gasteiger partial charge in [0.15, 0.2) is 0 Å². The number of aliphatic hydroxyl groups is 1. The molecule has 1 heterocycles. The van der Waals surface area contributed by atoms with Crippen LogP contribution in [0.5, 0.6) is 0 Å². The van der Waals surface area contributed by atoms with Crippen LogP contribution < -0.4 is 0 Å². The Labute approximate surface area is 102 Å². The first-order valence-corrected chi connectivity index (χ1v) is 7.50. The van der Waals surface area contributed by atoms with E-state index in [9.17, 15) is 13.5 Å². The van der Waals surface area contributed by atoms with Crippen molar-refractivity contribution in [2.75, 3.05) is 19.4 Å². The van der Waals surface area contributed by atoms with Crippen molar-refractivity contribution in [2.24, 2.45) is 0 Å². The molecule has 1 N–H and O–H groups in total. The summed E-state index contributed by atoms with van der Waals surface area (Å²) in [4.78, 5) is 0. The molecule has 0 bridgehead atoms. The third kappa shape index (κ3) is 2.68. The normalized spacial score (nSPS) is 26.2.